The third kappa shape index (κ3) is 5.37. The molecule has 1 aliphatic rings. The lowest BCUT2D eigenvalue weighted by Crippen LogP contribution is -2.25. The fourth-order valence-electron chi connectivity index (χ4n) is 3.82. The summed E-state index contributed by atoms with van der Waals surface area (Å²) in [4.78, 5) is 25.3. The number of nitrogens with zero attached hydrogens (tertiary/aromatic N) is 2. The highest BCUT2D eigenvalue weighted by atomic mass is 35.5. The highest BCUT2D eigenvalue weighted by Gasteiger charge is 2.36. The Balaban J connectivity index is 2.06. The molecule has 0 spiro atoms. The number of halogens is 4. The van der Waals surface area contributed by atoms with Gasteiger partial charge in [0.2, 0.25) is 11.7 Å². The number of hydrogen-bond acceptors (Lipinski definition) is 7. The summed E-state index contributed by atoms with van der Waals surface area (Å²) in [5.41, 5.74) is -2.06. The molecule has 1 aromatic carbocycles. The van der Waals surface area contributed by atoms with Crippen LogP contribution in [0.2, 0.25) is 5.02 Å². The van der Waals surface area contributed by atoms with Gasteiger partial charge in [0.05, 0.1) is 9.92 Å². The summed E-state index contributed by atoms with van der Waals surface area (Å²) in [6.07, 6.45) is -2.89. The molecule has 1 N–H and O–H groups in total. The highest BCUT2D eigenvalue weighted by Crippen LogP contribution is 2.35. The van der Waals surface area contributed by atoms with Gasteiger partial charge in [-0.2, -0.15) is 18.3 Å². The second-order valence-electron chi connectivity index (χ2n) is 8.11. The topological polar surface area (TPSA) is 116 Å². The van der Waals surface area contributed by atoms with E-state index in [-0.39, 0.29) is 45.0 Å². The van der Waals surface area contributed by atoms with Gasteiger partial charge >= 0.3 is 6.18 Å². The Bertz CT molecular complexity index is 1330. The first-order valence-electron chi connectivity index (χ1n) is 10.4. The van der Waals surface area contributed by atoms with E-state index in [4.69, 9.17) is 16.3 Å². The number of aryl methyl sites for hydroxylation is 1. The molecule has 35 heavy (non-hydrogen) atoms. The molecule has 8 nitrogen and oxygen atoms in total. The standard InChI is InChI=1S/C22H22ClF3N2O6S/c1-4-11-5-7-14(29)18(20(11)30)21(31)12-6-8-15(35(3,32)33)13(19(12)23)10-34-17-9-16(22(24,25)26)27-28(17)2/h6,8-9,11,30H,4-5,7,10H2,1-3H3. The zero-order valence-corrected chi connectivity index (χ0v) is 20.5. The summed E-state index contributed by atoms with van der Waals surface area (Å²) in [7, 11) is -2.69. The van der Waals surface area contributed by atoms with E-state index >= 15 is 0 Å². The summed E-state index contributed by atoms with van der Waals surface area (Å²) in [5, 5.41) is 13.5. The lowest BCUT2D eigenvalue weighted by Gasteiger charge is -2.23. The zero-order valence-electron chi connectivity index (χ0n) is 18.9. The van der Waals surface area contributed by atoms with Crippen LogP contribution in [-0.4, -0.2) is 41.1 Å². The van der Waals surface area contributed by atoms with Gasteiger partial charge in [0.1, 0.15) is 17.9 Å². The van der Waals surface area contributed by atoms with E-state index in [2.05, 4.69) is 5.10 Å². The number of alkyl halides is 3. The average molecular weight is 535 g/mol. The number of carbonyl (C=O) groups is 2. The van der Waals surface area contributed by atoms with Gasteiger partial charge in [-0.05, 0) is 25.0 Å². The Morgan fingerprint density at radius 3 is 2.54 bits per heavy atom. The minimum atomic E-state index is -4.72. The Labute approximate surface area is 204 Å². The second kappa shape index (κ2) is 9.65. The number of hydrogen-bond donors (Lipinski definition) is 1. The van der Waals surface area contributed by atoms with Gasteiger partial charge in [-0.1, -0.05) is 18.5 Å². The zero-order chi connectivity index (χ0) is 26.3. The fraction of sp³-hybridized carbons (Fsp3) is 0.409. The molecular formula is C22H22ClF3N2O6S. The molecule has 190 valence electrons. The van der Waals surface area contributed by atoms with Gasteiger partial charge in [-0.15, -0.1) is 0 Å². The van der Waals surface area contributed by atoms with Gasteiger partial charge in [0, 0.05) is 42.8 Å². The van der Waals surface area contributed by atoms with E-state index in [1.54, 1.807) is 6.92 Å². The van der Waals surface area contributed by atoms with Gasteiger partial charge in [0.25, 0.3) is 0 Å². The number of rotatable bonds is 7. The lowest BCUT2D eigenvalue weighted by atomic mass is 9.83. The summed E-state index contributed by atoms with van der Waals surface area (Å²) in [6.45, 7) is 1.18. The third-order valence-corrected chi connectivity index (χ3v) is 7.31. The molecule has 0 saturated carbocycles. The Morgan fingerprint density at radius 2 is 2.00 bits per heavy atom. The van der Waals surface area contributed by atoms with E-state index in [0.29, 0.717) is 18.9 Å². The smallest absolute Gasteiger partial charge is 0.435 e. The molecule has 1 atom stereocenters. The minimum Gasteiger partial charge on any atom is -0.511 e. The SMILES string of the molecule is CCC1CCC(=O)C(C(=O)c2ccc(S(C)(=O)=O)c(COc3cc(C(F)(F)F)nn3C)c2Cl)=C1O. The summed E-state index contributed by atoms with van der Waals surface area (Å²) >= 11 is 6.40. The van der Waals surface area contributed by atoms with Crippen molar-refractivity contribution in [3.05, 3.63) is 51.4 Å². The summed E-state index contributed by atoms with van der Waals surface area (Å²) in [5.74, 6) is -2.48. The summed E-state index contributed by atoms with van der Waals surface area (Å²) < 4.78 is 69.7. The van der Waals surface area contributed by atoms with Crippen molar-refractivity contribution < 1.29 is 41.0 Å². The molecule has 2 aromatic rings. The van der Waals surface area contributed by atoms with Crippen molar-refractivity contribution in [1.82, 2.24) is 9.78 Å². The number of aliphatic hydroxyl groups is 1. The van der Waals surface area contributed by atoms with Crippen molar-refractivity contribution in [3.63, 3.8) is 0 Å². The van der Waals surface area contributed by atoms with Crippen LogP contribution >= 0.6 is 11.6 Å². The van der Waals surface area contributed by atoms with Crippen molar-refractivity contribution >= 4 is 33.0 Å². The molecule has 13 heteroatoms. The van der Waals surface area contributed by atoms with Gasteiger partial charge in [-0.25, -0.2) is 13.1 Å². The molecule has 1 aliphatic carbocycles. The number of ether oxygens (including phenoxy) is 1. The first kappa shape index (κ1) is 26.7. The van der Waals surface area contributed by atoms with Crippen LogP contribution in [0.25, 0.3) is 0 Å². The Hall–Kier alpha value is -2.86. The highest BCUT2D eigenvalue weighted by molar-refractivity contribution is 7.90. The normalized spacial score (nSPS) is 17.1. The van der Waals surface area contributed by atoms with E-state index < -0.39 is 45.5 Å². The molecule has 1 aromatic heterocycles. The van der Waals surface area contributed by atoms with E-state index in [0.717, 1.165) is 23.1 Å². The minimum absolute atomic E-state index is 0.0562. The van der Waals surface area contributed by atoms with E-state index in [1.165, 1.54) is 7.05 Å². The number of aliphatic hydroxyl groups excluding tert-OH is 1. The van der Waals surface area contributed by atoms with Crippen molar-refractivity contribution in [1.29, 1.82) is 0 Å². The number of carbonyl (C=O) groups excluding carboxylic acids is 2. The predicted molar refractivity (Wildman–Crippen MR) is 119 cm³/mol. The van der Waals surface area contributed by atoms with Crippen LogP contribution in [0, 0.1) is 5.92 Å². The van der Waals surface area contributed by atoms with Crippen LogP contribution in [0.5, 0.6) is 5.88 Å². The van der Waals surface area contributed by atoms with Gasteiger partial charge in [-0.3, -0.25) is 9.59 Å². The van der Waals surface area contributed by atoms with Crippen LogP contribution in [0.1, 0.15) is 47.8 Å². The van der Waals surface area contributed by atoms with E-state index in [1.807, 2.05) is 0 Å². The molecule has 0 fully saturated rings. The maximum absolute atomic E-state index is 13.2. The van der Waals surface area contributed by atoms with Crippen LogP contribution in [0.4, 0.5) is 13.2 Å². The van der Waals surface area contributed by atoms with Crippen molar-refractivity contribution in [2.24, 2.45) is 13.0 Å². The van der Waals surface area contributed by atoms with Gasteiger partial charge in [0.15, 0.2) is 21.3 Å². The molecular weight excluding hydrogens is 513 g/mol. The second-order valence-corrected chi connectivity index (χ2v) is 10.5. The molecule has 0 aliphatic heterocycles. The van der Waals surface area contributed by atoms with Crippen LogP contribution in [0.15, 0.2) is 34.4 Å². The maximum atomic E-state index is 13.2. The van der Waals surface area contributed by atoms with Crippen molar-refractivity contribution in [3.8, 4) is 5.88 Å². The largest absolute Gasteiger partial charge is 0.511 e. The third-order valence-electron chi connectivity index (χ3n) is 5.70. The molecule has 0 amide bonds. The van der Waals surface area contributed by atoms with Crippen LogP contribution in [-0.2, 0) is 34.5 Å². The monoisotopic (exact) mass is 534 g/mol. The fourth-order valence-corrected chi connectivity index (χ4v) is 5.10. The molecule has 1 unspecified atom stereocenters. The maximum Gasteiger partial charge on any atom is 0.435 e. The predicted octanol–water partition coefficient (Wildman–Crippen LogP) is 4.46. The van der Waals surface area contributed by atoms with Crippen LogP contribution in [0.3, 0.4) is 0 Å². The molecule has 0 radical (unpaired) electrons. The number of allylic oxidation sites excluding steroid dienone is 2. The number of ketones is 2. The molecule has 0 bridgehead atoms. The number of sulfone groups is 1. The number of benzene rings is 1. The Morgan fingerprint density at radius 1 is 1.34 bits per heavy atom. The number of Topliss-reactive ketones (excluding diaryl/α,β-unsaturated/α-hetero) is 2. The average Bonchev–Trinajstić information content (AvgIpc) is 3.13. The van der Waals surface area contributed by atoms with Crippen molar-refractivity contribution in [2.45, 2.75) is 43.9 Å². The Kier molecular flexibility index (Phi) is 7.37. The molecule has 1 heterocycles. The lowest BCUT2D eigenvalue weighted by molar-refractivity contribution is -0.141. The van der Waals surface area contributed by atoms with E-state index in [9.17, 15) is 36.3 Å². The molecule has 3 rings (SSSR count). The van der Waals surface area contributed by atoms with Crippen LogP contribution < -0.4 is 4.74 Å². The first-order chi connectivity index (χ1) is 16.2. The quantitative estimate of drug-likeness (QED) is 0.412. The van der Waals surface area contributed by atoms with Gasteiger partial charge < -0.3 is 9.84 Å². The summed E-state index contributed by atoms with van der Waals surface area (Å²) in [6, 6.07) is 2.86. The first-order valence-corrected chi connectivity index (χ1v) is 12.7. The number of aromatic nitrogens is 2. The molecule has 0 saturated heterocycles. The van der Waals surface area contributed by atoms with Crippen molar-refractivity contribution in [2.75, 3.05) is 6.26 Å².